The van der Waals surface area contributed by atoms with Crippen LogP contribution in [-0.4, -0.2) is 24.9 Å². The lowest BCUT2D eigenvalue weighted by Crippen LogP contribution is -2.42. The van der Waals surface area contributed by atoms with Gasteiger partial charge in [-0.2, -0.15) is 0 Å². The molecule has 27 heavy (non-hydrogen) atoms. The minimum absolute atomic E-state index is 0.00688. The lowest BCUT2D eigenvalue weighted by atomic mass is 9.89. The Labute approximate surface area is 170 Å². The topological polar surface area (TPSA) is 51.8 Å². The zero-order chi connectivity index (χ0) is 19.6. The van der Waals surface area contributed by atoms with Gasteiger partial charge >= 0.3 is 0 Å². The molecule has 0 unspecified atom stereocenters. The van der Waals surface area contributed by atoms with E-state index in [0.717, 1.165) is 29.2 Å². The quantitative estimate of drug-likeness (QED) is 0.701. The maximum absolute atomic E-state index is 6.18. The maximum atomic E-state index is 6.18. The van der Waals surface area contributed by atoms with Crippen molar-refractivity contribution in [1.82, 2.24) is 5.32 Å². The van der Waals surface area contributed by atoms with Crippen LogP contribution in [0.1, 0.15) is 31.9 Å². The molecule has 5 nitrogen and oxygen atoms in total. The van der Waals surface area contributed by atoms with E-state index in [-0.39, 0.29) is 11.6 Å². The normalized spacial score (nSPS) is 17.3. The zero-order valence-electron chi connectivity index (χ0n) is 15.8. The van der Waals surface area contributed by atoms with E-state index < -0.39 is 0 Å². The van der Waals surface area contributed by atoms with Gasteiger partial charge < -0.3 is 24.8 Å². The molecule has 0 spiro atoms. The van der Waals surface area contributed by atoms with E-state index in [0.29, 0.717) is 15.9 Å². The third-order valence-electron chi connectivity index (χ3n) is 4.39. The van der Waals surface area contributed by atoms with Gasteiger partial charge in [0.05, 0.1) is 25.3 Å². The highest BCUT2D eigenvalue weighted by molar-refractivity contribution is 7.80. The van der Waals surface area contributed by atoms with Gasteiger partial charge in [-0.15, -0.1) is 0 Å². The Kier molecular flexibility index (Phi) is 5.67. The standard InChI is InChI=1S/C20H23ClN2O3S/c1-20(2)11-16(14-10-13(24-3)6-8-17(14)26-20)23-19(27)22-12-5-7-18(25-4)15(21)9-12/h5-10,16H,11H2,1-4H3,(H2,22,23,27)/t16-/m0/s1. The Morgan fingerprint density at radius 1 is 1.19 bits per heavy atom. The van der Waals surface area contributed by atoms with E-state index in [1.165, 1.54) is 0 Å². The maximum Gasteiger partial charge on any atom is 0.171 e. The molecule has 0 radical (unpaired) electrons. The van der Waals surface area contributed by atoms with Crippen LogP contribution in [0.3, 0.4) is 0 Å². The lowest BCUT2D eigenvalue weighted by Gasteiger charge is -2.38. The Morgan fingerprint density at radius 3 is 2.63 bits per heavy atom. The minimum atomic E-state index is -0.307. The van der Waals surface area contributed by atoms with Gasteiger partial charge in [0, 0.05) is 17.7 Å². The van der Waals surface area contributed by atoms with Gasteiger partial charge in [0.1, 0.15) is 22.8 Å². The van der Waals surface area contributed by atoms with Gasteiger partial charge in [-0.05, 0) is 62.5 Å². The predicted octanol–water partition coefficient (Wildman–Crippen LogP) is 4.95. The molecule has 1 aliphatic rings. The molecule has 0 fully saturated rings. The van der Waals surface area contributed by atoms with Crippen molar-refractivity contribution in [2.75, 3.05) is 19.5 Å². The van der Waals surface area contributed by atoms with E-state index in [1.807, 2.05) is 24.3 Å². The summed E-state index contributed by atoms with van der Waals surface area (Å²) in [6, 6.07) is 11.2. The second kappa shape index (κ2) is 7.82. The van der Waals surface area contributed by atoms with Gasteiger partial charge in [0.2, 0.25) is 0 Å². The van der Waals surface area contributed by atoms with Crippen LogP contribution < -0.4 is 24.8 Å². The summed E-state index contributed by atoms with van der Waals surface area (Å²) in [5.74, 6) is 2.23. The van der Waals surface area contributed by atoms with Crippen molar-refractivity contribution in [1.29, 1.82) is 0 Å². The first-order valence-corrected chi connectivity index (χ1v) is 9.38. The molecule has 0 amide bonds. The second-order valence-electron chi connectivity index (χ2n) is 6.97. The molecule has 144 valence electrons. The van der Waals surface area contributed by atoms with Gasteiger partial charge in [-0.25, -0.2) is 0 Å². The Balaban J connectivity index is 1.78. The molecular formula is C20H23ClN2O3S. The van der Waals surface area contributed by atoms with Crippen molar-refractivity contribution in [2.24, 2.45) is 0 Å². The van der Waals surface area contributed by atoms with Crippen LogP contribution in [-0.2, 0) is 0 Å². The second-order valence-corrected chi connectivity index (χ2v) is 7.79. The van der Waals surface area contributed by atoms with Gasteiger partial charge in [0.15, 0.2) is 5.11 Å². The fraction of sp³-hybridized carbons (Fsp3) is 0.350. The molecule has 0 aromatic heterocycles. The molecule has 0 aliphatic carbocycles. The number of nitrogens with one attached hydrogen (secondary N) is 2. The van der Waals surface area contributed by atoms with Crippen LogP contribution in [0.5, 0.6) is 17.2 Å². The van der Waals surface area contributed by atoms with Crippen molar-refractivity contribution >= 4 is 34.6 Å². The molecule has 1 aliphatic heterocycles. The van der Waals surface area contributed by atoms with E-state index >= 15 is 0 Å². The minimum Gasteiger partial charge on any atom is -0.497 e. The monoisotopic (exact) mass is 406 g/mol. The highest BCUT2D eigenvalue weighted by Crippen LogP contribution is 2.41. The summed E-state index contributed by atoms with van der Waals surface area (Å²) in [6.07, 6.45) is 0.762. The summed E-state index contributed by atoms with van der Waals surface area (Å²) in [5.41, 5.74) is 1.50. The number of fused-ring (bicyclic) bond motifs is 1. The first kappa shape index (κ1) is 19.6. The molecule has 2 aromatic carbocycles. The largest absolute Gasteiger partial charge is 0.497 e. The van der Waals surface area contributed by atoms with E-state index in [2.05, 4.69) is 24.5 Å². The molecule has 2 N–H and O–H groups in total. The average Bonchev–Trinajstić information content (AvgIpc) is 2.60. The Morgan fingerprint density at radius 2 is 1.96 bits per heavy atom. The van der Waals surface area contributed by atoms with Crippen LogP contribution in [0.2, 0.25) is 5.02 Å². The summed E-state index contributed by atoms with van der Waals surface area (Å²) < 4.78 is 16.6. The highest BCUT2D eigenvalue weighted by atomic mass is 35.5. The molecule has 0 saturated carbocycles. The number of benzene rings is 2. The van der Waals surface area contributed by atoms with Crippen LogP contribution in [0.25, 0.3) is 0 Å². The Hall–Kier alpha value is -2.18. The zero-order valence-corrected chi connectivity index (χ0v) is 17.3. The number of halogens is 1. The van der Waals surface area contributed by atoms with E-state index in [9.17, 15) is 0 Å². The van der Waals surface area contributed by atoms with Crippen molar-refractivity contribution < 1.29 is 14.2 Å². The molecule has 0 saturated heterocycles. The number of methoxy groups -OCH3 is 2. The molecule has 1 atom stereocenters. The average molecular weight is 407 g/mol. The molecule has 2 aromatic rings. The first-order valence-electron chi connectivity index (χ1n) is 8.59. The van der Waals surface area contributed by atoms with Crippen LogP contribution in [0, 0.1) is 0 Å². The number of hydrogen-bond donors (Lipinski definition) is 2. The van der Waals surface area contributed by atoms with Crippen molar-refractivity contribution in [3.8, 4) is 17.2 Å². The summed E-state index contributed by atoms with van der Waals surface area (Å²) in [4.78, 5) is 0. The van der Waals surface area contributed by atoms with Crippen molar-refractivity contribution in [3.63, 3.8) is 0 Å². The van der Waals surface area contributed by atoms with E-state index in [4.69, 9.17) is 38.0 Å². The van der Waals surface area contributed by atoms with Crippen LogP contribution in [0.4, 0.5) is 5.69 Å². The summed E-state index contributed by atoms with van der Waals surface area (Å²) in [7, 11) is 3.23. The SMILES string of the molecule is COc1ccc2c(c1)[C@@H](NC(=S)Nc1ccc(OC)c(Cl)c1)CC(C)(C)O2. The fourth-order valence-corrected chi connectivity index (χ4v) is 3.68. The Bertz CT molecular complexity index is 857. The van der Waals surface area contributed by atoms with Crippen molar-refractivity contribution in [3.05, 3.63) is 47.0 Å². The van der Waals surface area contributed by atoms with Gasteiger partial charge in [0.25, 0.3) is 0 Å². The summed E-state index contributed by atoms with van der Waals surface area (Å²) in [5, 5.41) is 7.59. The summed E-state index contributed by atoms with van der Waals surface area (Å²) in [6.45, 7) is 4.13. The lowest BCUT2D eigenvalue weighted by molar-refractivity contribution is 0.0695. The molecule has 1 heterocycles. The summed E-state index contributed by atoms with van der Waals surface area (Å²) >= 11 is 11.7. The number of thiocarbonyl (C=S) groups is 1. The molecule has 0 bridgehead atoms. The van der Waals surface area contributed by atoms with Crippen molar-refractivity contribution in [2.45, 2.75) is 31.9 Å². The van der Waals surface area contributed by atoms with Gasteiger partial charge in [-0.1, -0.05) is 11.6 Å². The molecule has 3 rings (SSSR count). The first-order chi connectivity index (χ1) is 12.8. The molecular weight excluding hydrogens is 384 g/mol. The van der Waals surface area contributed by atoms with Gasteiger partial charge in [-0.3, -0.25) is 0 Å². The third kappa shape index (κ3) is 4.57. The van der Waals surface area contributed by atoms with Crippen LogP contribution >= 0.6 is 23.8 Å². The number of rotatable bonds is 4. The number of hydrogen-bond acceptors (Lipinski definition) is 4. The van der Waals surface area contributed by atoms with E-state index in [1.54, 1.807) is 26.4 Å². The molecule has 7 heteroatoms. The highest BCUT2D eigenvalue weighted by Gasteiger charge is 2.34. The smallest absolute Gasteiger partial charge is 0.171 e. The number of ether oxygens (including phenoxy) is 3. The number of anilines is 1. The third-order valence-corrected chi connectivity index (χ3v) is 4.90. The van der Waals surface area contributed by atoms with Crippen LogP contribution in [0.15, 0.2) is 36.4 Å². The fourth-order valence-electron chi connectivity index (χ4n) is 3.16. The predicted molar refractivity (Wildman–Crippen MR) is 112 cm³/mol.